The van der Waals surface area contributed by atoms with Crippen molar-refractivity contribution < 1.29 is 9.90 Å². The molecule has 0 aromatic carbocycles. The number of amides is 1. The van der Waals surface area contributed by atoms with Crippen molar-refractivity contribution in [3.05, 3.63) is 12.2 Å². The van der Waals surface area contributed by atoms with Gasteiger partial charge in [-0.25, -0.2) is 0 Å². The summed E-state index contributed by atoms with van der Waals surface area (Å²) < 4.78 is 0. The molecule has 2 unspecified atom stereocenters. The highest BCUT2D eigenvalue weighted by Crippen LogP contribution is 2.22. The molecule has 0 spiro atoms. The van der Waals surface area contributed by atoms with Crippen LogP contribution in [0.25, 0.3) is 0 Å². The Kier molecular flexibility index (Phi) is 9.40. The minimum atomic E-state index is -0.348. The van der Waals surface area contributed by atoms with Crippen molar-refractivity contribution in [2.45, 2.75) is 90.2 Å². The summed E-state index contributed by atoms with van der Waals surface area (Å²) in [5.41, 5.74) is 0. The van der Waals surface area contributed by atoms with Crippen molar-refractivity contribution in [2.75, 3.05) is 6.54 Å². The summed E-state index contributed by atoms with van der Waals surface area (Å²) in [6, 6.07) is 0.226. The number of rotatable bonds is 12. The van der Waals surface area contributed by atoms with Gasteiger partial charge in [-0.2, -0.15) is 0 Å². The van der Waals surface area contributed by atoms with Crippen LogP contribution in [0.15, 0.2) is 12.2 Å². The van der Waals surface area contributed by atoms with Crippen molar-refractivity contribution in [1.82, 2.24) is 4.90 Å². The number of hydrogen-bond donors (Lipinski definition) is 1. The highest BCUT2D eigenvalue weighted by atomic mass is 16.3. The molecule has 2 atom stereocenters. The predicted molar refractivity (Wildman–Crippen MR) is 88.2 cm³/mol. The van der Waals surface area contributed by atoms with E-state index in [1.165, 1.54) is 38.5 Å². The average Bonchev–Trinajstić information content (AvgIpc) is 2.47. The third-order valence-corrected chi connectivity index (χ3v) is 4.27. The second-order valence-electron chi connectivity index (χ2n) is 6.22. The third-order valence-electron chi connectivity index (χ3n) is 4.27. The Morgan fingerprint density at radius 3 is 2.48 bits per heavy atom. The molecule has 0 aliphatic carbocycles. The molecule has 0 saturated carbocycles. The van der Waals surface area contributed by atoms with Crippen molar-refractivity contribution in [3.8, 4) is 0 Å². The summed E-state index contributed by atoms with van der Waals surface area (Å²) in [6.45, 7) is 5.26. The minimum Gasteiger partial charge on any atom is -0.389 e. The van der Waals surface area contributed by atoms with Gasteiger partial charge in [0.25, 0.3) is 0 Å². The second kappa shape index (κ2) is 10.8. The average molecular weight is 295 g/mol. The number of hydrogen-bond acceptors (Lipinski definition) is 2. The van der Waals surface area contributed by atoms with Gasteiger partial charge in [0.05, 0.1) is 18.6 Å². The maximum absolute atomic E-state index is 11.6. The molecule has 0 radical (unpaired) electrons. The monoisotopic (exact) mass is 295 g/mol. The Balaban J connectivity index is 2.20. The number of aliphatic hydroxyl groups is 1. The van der Waals surface area contributed by atoms with Crippen LogP contribution >= 0.6 is 0 Å². The van der Waals surface area contributed by atoms with E-state index in [-0.39, 0.29) is 18.1 Å². The molecular weight excluding hydrogens is 262 g/mol. The molecule has 122 valence electrons. The summed E-state index contributed by atoms with van der Waals surface area (Å²) in [6.07, 6.45) is 14.6. The van der Waals surface area contributed by atoms with Crippen molar-refractivity contribution in [3.63, 3.8) is 0 Å². The molecule has 1 rings (SSSR count). The fraction of sp³-hybridized carbons (Fsp3) is 0.833. The molecule has 1 fully saturated rings. The van der Waals surface area contributed by atoms with Gasteiger partial charge in [0.1, 0.15) is 0 Å². The minimum absolute atomic E-state index is 0.226. The first-order valence-corrected chi connectivity index (χ1v) is 8.84. The zero-order valence-corrected chi connectivity index (χ0v) is 13.9. The van der Waals surface area contributed by atoms with E-state index in [0.717, 1.165) is 25.8 Å². The van der Waals surface area contributed by atoms with Crippen LogP contribution in [0, 0.1) is 0 Å². The van der Waals surface area contributed by atoms with E-state index in [4.69, 9.17) is 0 Å². The van der Waals surface area contributed by atoms with Crippen LogP contribution in [0.3, 0.4) is 0 Å². The van der Waals surface area contributed by atoms with E-state index in [0.29, 0.717) is 6.42 Å². The van der Waals surface area contributed by atoms with Gasteiger partial charge in [0.15, 0.2) is 0 Å². The molecule has 1 N–H and O–H groups in total. The quantitative estimate of drug-likeness (QED) is 0.335. The number of likely N-dealkylation sites (tertiary alicyclic amines) is 1. The van der Waals surface area contributed by atoms with Crippen LogP contribution in [-0.4, -0.2) is 34.6 Å². The molecule has 3 nitrogen and oxygen atoms in total. The Morgan fingerprint density at radius 2 is 1.81 bits per heavy atom. The van der Waals surface area contributed by atoms with Gasteiger partial charge in [-0.1, -0.05) is 70.9 Å². The lowest BCUT2D eigenvalue weighted by Gasteiger charge is -2.39. The largest absolute Gasteiger partial charge is 0.389 e. The molecule has 1 aliphatic rings. The zero-order chi connectivity index (χ0) is 15.5. The van der Waals surface area contributed by atoms with Gasteiger partial charge in [-0.3, -0.25) is 4.79 Å². The van der Waals surface area contributed by atoms with E-state index in [1.54, 1.807) is 0 Å². The van der Waals surface area contributed by atoms with E-state index < -0.39 is 0 Å². The Bertz CT molecular complexity index is 314. The molecule has 1 aliphatic heterocycles. The van der Waals surface area contributed by atoms with Crippen LogP contribution in [0.5, 0.6) is 0 Å². The standard InChI is InChI=1S/C18H33NO2/c1-3-5-7-8-10-14-19-16(15-18(19)21)12-13-17(20)11-9-6-4-2/h12-13,16-17,20H,3-11,14-15H2,1-2H3/b13-12+. The smallest absolute Gasteiger partial charge is 0.225 e. The van der Waals surface area contributed by atoms with Crippen LogP contribution in [0.1, 0.15) is 78.1 Å². The molecule has 1 saturated heterocycles. The third kappa shape index (κ3) is 7.12. The molecule has 1 amide bonds. The molecule has 0 aromatic heterocycles. The number of aliphatic hydroxyl groups excluding tert-OH is 1. The molecule has 3 heteroatoms. The van der Waals surface area contributed by atoms with Crippen LogP contribution in [0.4, 0.5) is 0 Å². The number of β-lactam (4-membered cyclic amide) rings is 1. The topological polar surface area (TPSA) is 40.5 Å². The SMILES string of the molecule is CCCCCCCN1C(=O)CC1/C=C/C(O)CCCCC. The number of carbonyl (C=O) groups excluding carboxylic acids is 1. The molecule has 0 aromatic rings. The zero-order valence-electron chi connectivity index (χ0n) is 13.9. The Labute approximate surface area is 130 Å². The lowest BCUT2D eigenvalue weighted by molar-refractivity contribution is -0.143. The lowest BCUT2D eigenvalue weighted by atomic mass is 9.99. The highest BCUT2D eigenvalue weighted by Gasteiger charge is 2.33. The van der Waals surface area contributed by atoms with Gasteiger partial charge in [-0.15, -0.1) is 0 Å². The fourth-order valence-electron chi connectivity index (χ4n) is 2.78. The first kappa shape index (κ1) is 18.2. The number of carbonyl (C=O) groups is 1. The lowest BCUT2D eigenvalue weighted by Crippen LogP contribution is -2.51. The predicted octanol–water partition coefficient (Wildman–Crippen LogP) is 4.06. The fourth-order valence-corrected chi connectivity index (χ4v) is 2.78. The van der Waals surface area contributed by atoms with Gasteiger partial charge in [-0.05, 0) is 12.8 Å². The summed E-state index contributed by atoms with van der Waals surface area (Å²) in [5.74, 6) is 0.264. The van der Waals surface area contributed by atoms with Gasteiger partial charge in [0, 0.05) is 6.54 Å². The summed E-state index contributed by atoms with van der Waals surface area (Å²) in [5, 5.41) is 9.88. The maximum atomic E-state index is 11.6. The van der Waals surface area contributed by atoms with E-state index >= 15 is 0 Å². The van der Waals surface area contributed by atoms with Crippen LogP contribution in [0.2, 0.25) is 0 Å². The summed E-state index contributed by atoms with van der Waals surface area (Å²) in [7, 11) is 0. The van der Waals surface area contributed by atoms with E-state index in [1.807, 2.05) is 17.1 Å². The molecule has 1 heterocycles. The van der Waals surface area contributed by atoms with E-state index in [9.17, 15) is 9.90 Å². The van der Waals surface area contributed by atoms with Crippen molar-refractivity contribution in [1.29, 1.82) is 0 Å². The van der Waals surface area contributed by atoms with Gasteiger partial charge < -0.3 is 10.0 Å². The number of unbranched alkanes of at least 4 members (excludes halogenated alkanes) is 6. The van der Waals surface area contributed by atoms with Crippen LogP contribution in [-0.2, 0) is 4.79 Å². The van der Waals surface area contributed by atoms with Gasteiger partial charge in [0.2, 0.25) is 5.91 Å². The number of nitrogens with zero attached hydrogens (tertiary/aromatic N) is 1. The second-order valence-corrected chi connectivity index (χ2v) is 6.22. The summed E-state index contributed by atoms with van der Waals surface area (Å²) in [4.78, 5) is 13.6. The summed E-state index contributed by atoms with van der Waals surface area (Å²) >= 11 is 0. The van der Waals surface area contributed by atoms with Crippen LogP contribution < -0.4 is 0 Å². The Morgan fingerprint density at radius 1 is 1.14 bits per heavy atom. The first-order chi connectivity index (χ1) is 10.2. The molecular formula is C18H33NO2. The normalized spacial score (nSPS) is 20.0. The van der Waals surface area contributed by atoms with Crippen molar-refractivity contribution in [2.24, 2.45) is 0 Å². The molecule has 21 heavy (non-hydrogen) atoms. The van der Waals surface area contributed by atoms with Crippen molar-refractivity contribution >= 4 is 5.91 Å². The van der Waals surface area contributed by atoms with Gasteiger partial charge >= 0.3 is 0 Å². The highest BCUT2D eigenvalue weighted by molar-refractivity contribution is 5.83. The Hall–Kier alpha value is -0.830. The maximum Gasteiger partial charge on any atom is 0.225 e. The first-order valence-electron chi connectivity index (χ1n) is 8.84. The van der Waals surface area contributed by atoms with E-state index in [2.05, 4.69) is 13.8 Å². The molecule has 0 bridgehead atoms.